The summed E-state index contributed by atoms with van der Waals surface area (Å²) >= 11 is 6.19. The highest BCUT2D eigenvalue weighted by molar-refractivity contribution is 6.37. The van der Waals surface area contributed by atoms with Gasteiger partial charge in [0.05, 0.1) is 17.7 Å². The molecule has 136 valence electrons. The molecule has 3 N–H and O–H groups in total. The van der Waals surface area contributed by atoms with Crippen molar-refractivity contribution in [3.63, 3.8) is 0 Å². The Kier molecular flexibility index (Phi) is 5.95. The molecule has 7 nitrogen and oxygen atoms in total. The number of hydrogen-bond donors (Lipinski definition) is 3. The number of ketones is 2. The Labute approximate surface area is 155 Å². The van der Waals surface area contributed by atoms with E-state index < -0.39 is 17.3 Å². The van der Waals surface area contributed by atoms with Gasteiger partial charge in [-0.15, -0.1) is 12.4 Å². The minimum absolute atomic E-state index is 0. The van der Waals surface area contributed by atoms with Crippen LogP contribution in [0.3, 0.4) is 0 Å². The van der Waals surface area contributed by atoms with E-state index in [1.807, 2.05) is 0 Å². The zero-order valence-corrected chi connectivity index (χ0v) is 14.8. The summed E-state index contributed by atoms with van der Waals surface area (Å²) in [5, 5.41) is 29.7. The topological polar surface area (TPSA) is 101 Å². The second-order valence-corrected chi connectivity index (χ2v) is 6.10. The molecule has 0 aromatic heterocycles. The number of aromatic hydroxyl groups is 2. The molecular formula is C16H18Cl2N2O5. The molecule has 1 aromatic rings. The number of allylic oxidation sites excluding steroid dienone is 2. The van der Waals surface area contributed by atoms with Crippen LogP contribution >= 0.6 is 24.0 Å². The van der Waals surface area contributed by atoms with E-state index in [-0.39, 0.29) is 46.6 Å². The van der Waals surface area contributed by atoms with Gasteiger partial charge in [0.1, 0.15) is 16.5 Å². The molecule has 0 atom stereocenters. The van der Waals surface area contributed by atoms with Gasteiger partial charge in [0, 0.05) is 32.7 Å². The summed E-state index contributed by atoms with van der Waals surface area (Å²) < 4.78 is 0. The van der Waals surface area contributed by atoms with E-state index in [0.717, 1.165) is 12.2 Å². The number of piperazine rings is 1. The van der Waals surface area contributed by atoms with Gasteiger partial charge in [-0.1, -0.05) is 11.6 Å². The van der Waals surface area contributed by atoms with Crippen molar-refractivity contribution in [1.82, 2.24) is 4.90 Å². The van der Waals surface area contributed by atoms with Crippen LogP contribution in [0.15, 0.2) is 12.2 Å². The van der Waals surface area contributed by atoms with Crippen molar-refractivity contribution in [2.75, 3.05) is 44.2 Å². The highest BCUT2D eigenvalue weighted by Gasteiger charge is 2.33. The fourth-order valence-corrected chi connectivity index (χ4v) is 3.41. The molecule has 1 heterocycles. The van der Waals surface area contributed by atoms with Crippen molar-refractivity contribution in [2.24, 2.45) is 0 Å². The summed E-state index contributed by atoms with van der Waals surface area (Å²) in [6.07, 6.45) is 2.12. The lowest BCUT2D eigenvalue weighted by Crippen LogP contribution is -2.47. The number of benzene rings is 1. The standard InChI is InChI=1S/C16H17ClN2O5.ClH/c17-13-14(19-5-3-18(4-6-19)7-8-20)16(24)12-10(22)2-1-9(21)11(12)15(13)23;/h1-2,20,23-24H,3-8H2;1H. The molecule has 9 heteroatoms. The number of aliphatic hydroxyl groups is 1. The first-order chi connectivity index (χ1) is 11.5. The first kappa shape index (κ1) is 19.5. The third-order valence-electron chi connectivity index (χ3n) is 4.35. The maximum atomic E-state index is 12.1. The van der Waals surface area contributed by atoms with Gasteiger partial charge in [-0.3, -0.25) is 14.5 Å². The van der Waals surface area contributed by atoms with E-state index in [9.17, 15) is 19.8 Å². The summed E-state index contributed by atoms with van der Waals surface area (Å²) in [5.41, 5.74) is -0.308. The first-order valence-corrected chi connectivity index (χ1v) is 7.95. The van der Waals surface area contributed by atoms with Crippen LogP contribution in [-0.4, -0.2) is 71.1 Å². The van der Waals surface area contributed by atoms with Crippen molar-refractivity contribution in [1.29, 1.82) is 0 Å². The number of β-amino-alcohol motifs (C(OH)–C–C–N with tert-alkyl or cyclic N) is 1. The molecule has 1 aliphatic heterocycles. The summed E-state index contributed by atoms with van der Waals surface area (Å²) in [7, 11) is 0. The number of nitrogens with zero attached hydrogens (tertiary/aromatic N) is 2. The van der Waals surface area contributed by atoms with Crippen LogP contribution in [0.5, 0.6) is 11.5 Å². The molecule has 0 bridgehead atoms. The fraction of sp³-hybridized carbons (Fsp3) is 0.375. The summed E-state index contributed by atoms with van der Waals surface area (Å²) in [6.45, 7) is 2.91. The van der Waals surface area contributed by atoms with Gasteiger partial charge in [-0.2, -0.15) is 0 Å². The molecule has 3 rings (SSSR count). The quantitative estimate of drug-likeness (QED) is 0.669. The minimum atomic E-state index is -0.571. The Balaban J connectivity index is 0.00000225. The van der Waals surface area contributed by atoms with Gasteiger partial charge in [-0.25, -0.2) is 0 Å². The summed E-state index contributed by atoms with van der Waals surface area (Å²) in [5.74, 6) is -1.99. The normalized spacial score (nSPS) is 17.4. The Morgan fingerprint density at radius 3 is 2.00 bits per heavy atom. The van der Waals surface area contributed by atoms with Gasteiger partial charge in [0.15, 0.2) is 17.3 Å². The average Bonchev–Trinajstić information content (AvgIpc) is 2.56. The zero-order valence-electron chi connectivity index (χ0n) is 13.2. The summed E-state index contributed by atoms with van der Waals surface area (Å²) in [6, 6.07) is 0. The van der Waals surface area contributed by atoms with Crippen LogP contribution in [0.2, 0.25) is 5.02 Å². The fourth-order valence-electron chi connectivity index (χ4n) is 3.10. The Morgan fingerprint density at radius 2 is 1.48 bits per heavy atom. The number of anilines is 1. The second kappa shape index (κ2) is 7.61. The molecular weight excluding hydrogens is 371 g/mol. The molecule has 1 aromatic carbocycles. The minimum Gasteiger partial charge on any atom is -0.505 e. The van der Waals surface area contributed by atoms with E-state index in [4.69, 9.17) is 16.7 Å². The molecule has 0 unspecified atom stereocenters. The third-order valence-corrected chi connectivity index (χ3v) is 4.71. The number of phenols is 2. The van der Waals surface area contributed by atoms with Crippen LogP contribution in [0, 0.1) is 0 Å². The highest BCUT2D eigenvalue weighted by Crippen LogP contribution is 2.48. The number of fused-ring (bicyclic) bond motifs is 1. The van der Waals surface area contributed by atoms with Crippen LogP contribution in [-0.2, 0) is 0 Å². The summed E-state index contributed by atoms with van der Waals surface area (Å²) in [4.78, 5) is 27.8. The molecule has 1 aliphatic carbocycles. The van der Waals surface area contributed by atoms with Crippen LogP contribution in [0.4, 0.5) is 5.69 Å². The van der Waals surface area contributed by atoms with Gasteiger partial charge < -0.3 is 20.2 Å². The first-order valence-electron chi connectivity index (χ1n) is 7.58. The zero-order chi connectivity index (χ0) is 17.4. The average molecular weight is 389 g/mol. The van der Waals surface area contributed by atoms with Crippen LogP contribution in [0.1, 0.15) is 20.7 Å². The largest absolute Gasteiger partial charge is 0.505 e. The number of carbonyl (C=O) groups is 2. The lowest BCUT2D eigenvalue weighted by Gasteiger charge is -2.37. The number of hydrogen-bond acceptors (Lipinski definition) is 7. The molecule has 25 heavy (non-hydrogen) atoms. The van der Waals surface area contributed by atoms with Crippen molar-refractivity contribution >= 4 is 41.3 Å². The van der Waals surface area contributed by atoms with E-state index in [1.165, 1.54) is 0 Å². The molecule has 0 saturated carbocycles. The van der Waals surface area contributed by atoms with Crippen molar-refractivity contribution in [2.45, 2.75) is 0 Å². The predicted octanol–water partition coefficient (Wildman–Crippen LogP) is 1.22. The van der Waals surface area contributed by atoms with Gasteiger partial charge >= 0.3 is 0 Å². The Bertz CT molecular complexity index is 743. The number of carbonyl (C=O) groups excluding carboxylic acids is 2. The van der Waals surface area contributed by atoms with E-state index >= 15 is 0 Å². The number of rotatable bonds is 3. The molecule has 2 aliphatic rings. The van der Waals surface area contributed by atoms with Crippen LogP contribution in [0.25, 0.3) is 0 Å². The van der Waals surface area contributed by atoms with E-state index in [0.29, 0.717) is 32.7 Å². The van der Waals surface area contributed by atoms with E-state index in [1.54, 1.807) is 4.90 Å². The second-order valence-electron chi connectivity index (χ2n) is 5.72. The Hall–Kier alpha value is -1.80. The maximum absolute atomic E-state index is 12.1. The molecule has 0 spiro atoms. The monoisotopic (exact) mass is 388 g/mol. The van der Waals surface area contributed by atoms with Crippen LogP contribution < -0.4 is 4.90 Å². The van der Waals surface area contributed by atoms with Gasteiger partial charge in [0.2, 0.25) is 0 Å². The third kappa shape index (κ3) is 3.32. The molecule has 0 radical (unpaired) electrons. The SMILES string of the molecule is Cl.O=C1C=CC(=O)c2c(O)c(N3CCN(CCO)CC3)c(Cl)c(O)c21. The van der Waals surface area contributed by atoms with Crippen molar-refractivity contribution in [3.05, 3.63) is 28.3 Å². The van der Waals surface area contributed by atoms with Crippen molar-refractivity contribution < 1.29 is 24.9 Å². The van der Waals surface area contributed by atoms with Gasteiger partial charge in [0.25, 0.3) is 0 Å². The number of phenolic OH excluding ortho intramolecular Hbond substituents is 2. The molecule has 1 fully saturated rings. The number of aliphatic hydroxyl groups excluding tert-OH is 1. The van der Waals surface area contributed by atoms with Gasteiger partial charge in [-0.05, 0) is 12.2 Å². The smallest absolute Gasteiger partial charge is 0.190 e. The number of halogens is 2. The molecule has 1 saturated heterocycles. The lowest BCUT2D eigenvalue weighted by molar-refractivity contribution is 0.0989. The van der Waals surface area contributed by atoms with E-state index in [2.05, 4.69) is 4.90 Å². The lowest BCUT2D eigenvalue weighted by atomic mass is 9.91. The predicted molar refractivity (Wildman–Crippen MR) is 95.6 cm³/mol. The molecule has 0 amide bonds. The van der Waals surface area contributed by atoms with Crippen molar-refractivity contribution in [3.8, 4) is 11.5 Å². The Morgan fingerprint density at radius 1 is 0.960 bits per heavy atom. The maximum Gasteiger partial charge on any atom is 0.190 e. The highest BCUT2D eigenvalue weighted by atomic mass is 35.5.